The van der Waals surface area contributed by atoms with Gasteiger partial charge in [0.15, 0.2) is 0 Å². The number of amides is 3. The molecule has 0 aromatic heterocycles. The van der Waals surface area contributed by atoms with E-state index in [9.17, 15) is 18.8 Å². The number of methoxy groups -OCH3 is 1. The summed E-state index contributed by atoms with van der Waals surface area (Å²) >= 11 is 0. The van der Waals surface area contributed by atoms with E-state index in [1.807, 2.05) is 24.3 Å². The summed E-state index contributed by atoms with van der Waals surface area (Å²) in [7, 11) is 1.61. The van der Waals surface area contributed by atoms with Gasteiger partial charge in [0.25, 0.3) is 0 Å². The second-order valence-corrected chi connectivity index (χ2v) is 9.11. The van der Waals surface area contributed by atoms with E-state index in [1.165, 1.54) is 12.1 Å². The molecule has 1 N–H and O–H groups in total. The summed E-state index contributed by atoms with van der Waals surface area (Å²) in [6.07, 6.45) is 2.30. The molecule has 0 spiro atoms. The fraction of sp³-hybridized carbons (Fsp3) is 0.423. The summed E-state index contributed by atoms with van der Waals surface area (Å²) in [5, 5.41) is 3.05. The standard InChI is InChI=1S/C26H30FN3O4/c1-34-22-4-2-3-20(15-22)17-29-13-14-30(18-25(29)33)24(32)10-12-26(11-9-23(31)28-26)16-19-5-7-21(27)8-6-19/h2-8,15H,9-14,16-18H2,1H3,(H,28,31)/t26-/m1/s1. The first-order chi connectivity index (χ1) is 16.4. The number of halogens is 1. The van der Waals surface area contributed by atoms with E-state index in [4.69, 9.17) is 4.74 Å². The molecule has 0 unspecified atom stereocenters. The highest BCUT2D eigenvalue weighted by Gasteiger charge is 2.38. The van der Waals surface area contributed by atoms with Crippen LogP contribution in [0.15, 0.2) is 48.5 Å². The maximum Gasteiger partial charge on any atom is 0.242 e. The van der Waals surface area contributed by atoms with Crippen molar-refractivity contribution in [2.45, 2.75) is 44.2 Å². The Morgan fingerprint density at radius 1 is 1.12 bits per heavy atom. The van der Waals surface area contributed by atoms with Crippen molar-refractivity contribution in [2.24, 2.45) is 0 Å². The molecule has 7 nitrogen and oxygen atoms in total. The van der Waals surface area contributed by atoms with Crippen LogP contribution in [0.2, 0.25) is 0 Å². The zero-order valence-electron chi connectivity index (χ0n) is 19.4. The molecule has 180 valence electrons. The Morgan fingerprint density at radius 3 is 2.59 bits per heavy atom. The van der Waals surface area contributed by atoms with Crippen molar-refractivity contribution >= 4 is 17.7 Å². The number of carbonyl (C=O) groups is 3. The summed E-state index contributed by atoms with van der Waals surface area (Å²) in [4.78, 5) is 41.0. The highest BCUT2D eigenvalue weighted by Crippen LogP contribution is 2.30. The minimum atomic E-state index is -0.525. The highest BCUT2D eigenvalue weighted by atomic mass is 19.1. The molecule has 2 fully saturated rings. The number of piperazine rings is 1. The van der Waals surface area contributed by atoms with E-state index in [0.29, 0.717) is 45.3 Å². The number of ether oxygens (including phenoxy) is 1. The number of rotatable bonds is 8. The predicted octanol–water partition coefficient (Wildman–Crippen LogP) is 2.68. The fourth-order valence-corrected chi connectivity index (χ4v) is 4.76. The van der Waals surface area contributed by atoms with Crippen molar-refractivity contribution in [1.29, 1.82) is 0 Å². The second-order valence-electron chi connectivity index (χ2n) is 9.11. The van der Waals surface area contributed by atoms with Crippen LogP contribution in [0, 0.1) is 5.82 Å². The van der Waals surface area contributed by atoms with Crippen molar-refractivity contribution in [3.05, 3.63) is 65.5 Å². The molecule has 3 amide bonds. The van der Waals surface area contributed by atoms with E-state index >= 15 is 0 Å². The maximum atomic E-state index is 13.3. The van der Waals surface area contributed by atoms with Crippen LogP contribution in [-0.2, 0) is 27.3 Å². The van der Waals surface area contributed by atoms with Crippen LogP contribution in [0.4, 0.5) is 4.39 Å². The number of hydrogen-bond acceptors (Lipinski definition) is 4. The Morgan fingerprint density at radius 2 is 1.91 bits per heavy atom. The summed E-state index contributed by atoms with van der Waals surface area (Å²) in [5.74, 6) is 0.230. The molecule has 1 atom stereocenters. The van der Waals surface area contributed by atoms with Crippen LogP contribution in [0.5, 0.6) is 5.75 Å². The van der Waals surface area contributed by atoms with Gasteiger partial charge in [0.1, 0.15) is 11.6 Å². The smallest absolute Gasteiger partial charge is 0.242 e. The average Bonchev–Trinajstić information content (AvgIpc) is 3.21. The van der Waals surface area contributed by atoms with Gasteiger partial charge in [-0.1, -0.05) is 24.3 Å². The lowest BCUT2D eigenvalue weighted by atomic mass is 9.85. The maximum absolute atomic E-state index is 13.3. The molecule has 0 saturated carbocycles. The third kappa shape index (κ3) is 5.73. The van der Waals surface area contributed by atoms with Crippen molar-refractivity contribution < 1.29 is 23.5 Å². The topological polar surface area (TPSA) is 79.0 Å². The van der Waals surface area contributed by atoms with Crippen LogP contribution in [0.25, 0.3) is 0 Å². The Bertz CT molecular complexity index is 1060. The third-order valence-electron chi connectivity index (χ3n) is 6.69. The molecule has 4 rings (SSSR count). The first-order valence-electron chi connectivity index (χ1n) is 11.6. The van der Waals surface area contributed by atoms with Gasteiger partial charge < -0.3 is 19.9 Å². The van der Waals surface area contributed by atoms with Gasteiger partial charge in [-0.3, -0.25) is 14.4 Å². The number of carbonyl (C=O) groups excluding carboxylic acids is 3. The summed E-state index contributed by atoms with van der Waals surface area (Å²) in [6.45, 7) is 1.48. The Balaban J connectivity index is 1.32. The van der Waals surface area contributed by atoms with Crippen molar-refractivity contribution in [2.75, 3.05) is 26.7 Å². The average molecular weight is 468 g/mol. The number of nitrogens with zero attached hydrogens (tertiary/aromatic N) is 2. The lowest BCUT2D eigenvalue weighted by Crippen LogP contribution is -2.52. The summed E-state index contributed by atoms with van der Waals surface area (Å²) < 4.78 is 18.5. The summed E-state index contributed by atoms with van der Waals surface area (Å²) in [6, 6.07) is 13.8. The van der Waals surface area contributed by atoms with Crippen LogP contribution >= 0.6 is 0 Å². The van der Waals surface area contributed by atoms with Gasteiger partial charge >= 0.3 is 0 Å². The highest BCUT2D eigenvalue weighted by molar-refractivity contribution is 5.86. The third-order valence-corrected chi connectivity index (χ3v) is 6.69. The molecular formula is C26H30FN3O4. The minimum Gasteiger partial charge on any atom is -0.497 e. The number of benzene rings is 2. The molecule has 2 heterocycles. The molecule has 2 saturated heterocycles. The van der Waals surface area contributed by atoms with Gasteiger partial charge in [-0.2, -0.15) is 0 Å². The van der Waals surface area contributed by atoms with Gasteiger partial charge in [-0.25, -0.2) is 4.39 Å². The van der Waals surface area contributed by atoms with E-state index in [1.54, 1.807) is 29.0 Å². The number of hydrogen-bond donors (Lipinski definition) is 1. The Labute approximate surface area is 198 Å². The quantitative estimate of drug-likeness (QED) is 0.648. The zero-order chi connectivity index (χ0) is 24.1. The first-order valence-corrected chi connectivity index (χ1v) is 11.6. The van der Waals surface area contributed by atoms with Gasteiger partial charge in [0, 0.05) is 38.0 Å². The van der Waals surface area contributed by atoms with E-state index in [2.05, 4.69) is 5.32 Å². The largest absolute Gasteiger partial charge is 0.497 e. The van der Waals surface area contributed by atoms with Crippen LogP contribution in [0.3, 0.4) is 0 Å². The molecule has 0 bridgehead atoms. The monoisotopic (exact) mass is 467 g/mol. The zero-order valence-corrected chi connectivity index (χ0v) is 19.4. The van der Waals surface area contributed by atoms with E-state index < -0.39 is 5.54 Å². The fourth-order valence-electron chi connectivity index (χ4n) is 4.76. The molecule has 0 aliphatic carbocycles. The van der Waals surface area contributed by atoms with Crippen molar-refractivity contribution in [3.8, 4) is 5.75 Å². The summed E-state index contributed by atoms with van der Waals surface area (Å²) in [5.41, 5.74) is 1.37. The number of nitrogens with one attached hydrogen (secondary N) is 1. The van der Waals surface area contributed by atoms with Gasteiger partial charge in [0.2, 0.25) is 17.7 Å². The van der Waals surface area contributed by atoms with Gasteiger partial charge in [-0.15, -0.1) is 0 Å². The van der Waals surface area contributed by atoms with Crippen molar-refractivity contribution in [1.82, 2.24) is 15.1 Å². The molecule has 2 aliphatic heterocycles. The molecule has 2 aromatic rings. The first kappa shape index (κ1) is 23.7. The minimum absolute atomic E-state index is 0.0316. The van der Waals surface area contributed by atoms with Crippen LogP contribution in [-0.4, -0.2) is 59.8 Å². The Hall–Kier alpha value is -3.42. The van der Waals surface area contributed by atoms with Crippen molar-refractivity contribution in [3.63, 3.8) is 0 Å². The molecule has 0 radical (unpaired) electrons. The molecule has 34 heavy (non-hydrogen) atoms. The van der Waals surface area contributed by atoms with E-state index in [0.717, 1.165) is 16.9 Å². The Kier molecular flexibility index (Phi) is 7.14. The molecular weight excluding hydrogens is 437 g/mol. The lowest BCUT2D eigenvalue weighted by Gasteiger charge is -2.35. The van der Waals surface area contributed by atoms with Gasteiger partial charge in [0.05, 0.1) is 13.7 Å². The van der Waals surface area contributed by atoms with Gasteiger partial charge in [-0.05, 0) is 54.7 Å². The molecule has 2 aliphatic rings. The SMILES string of the molecule is COc1cccc(CN2CCN(C(=O)CC[C@@]3(Cc4ccc(F)cc4)CCC(=O)N3)CC2=O)c1. The van der Waals surface area contributed by atoms with Crippen LogP contribution < -0.4 is 10.1 Å². The van der Waals surface area contributed by atoms with E-state index in [-0.39, 0.29) is 36.5 Å². The molecule has 2 aromatic carbocycles. The second kappa shape index (κ2) is 10.2. The lowest BCUT2D eigenvalue weighted by molar-refractivity contribution is -0.145. The predicted molar refractivity (Wildman–Crippen MR) is 124 cm³/mol. The van der Waals surface area contributed by atoms with Crippen LogP contribution in [0.1, 0.15) is 36.8 Å². The molecule has 8 heteroatoms. The normalized spacial score (nSPS) is 20.4.